The van der Waals surface area contributed by atoms with Gasteiger partial charge in [-0.25, -0.2) is 14.4 Å². The van der Waals surface area contributed by atoms with Crippen LogP contribution in [-0.2, 0) is 0 Å². The summed E-state index contributed by atoms with van der Waals surface area (Å²) in [6, 6.07) is 20.6. The molecule has 0 spiro atoms. The molecular formula is C23H17FN4O. The van der Waals surface area contributed by atoms with Gasteiger partial charge in [-0.2, -0.15) is 0 Å². The average molecular weight is 384 g/mol. The molecule has 0 fully saturated rings. The molecule has 4 rings (SSSR count). The maximum Gasteiger partial charge on any atom is 0.249 e. The Balaban J connectivity index is 1.72. The van der Waals surface area contributed by atoms with Crippen LogP contribution in [0.1, 0.15) is 10.4 Å². The molecule has 5 nitrogen and oxygen atoms in total. The molecule has 0 saturated carbocycles. The first kappa shape index (κ1) is 18.3. The Hall–Kier alpha value is -4.06. The maximum absolute atomic E-state index is 13.8. The molecular weight excluding hydrogens is 367 g/mol. The van der Waals surface area contributed by atoms with Crippen LogP contribution in [0, 0.1) is 5.82 Å². The first-order valence-electron chi connectivity index (χ1n) is 8.95. The molecule has 0 unspecified atom stereocenters. The van der Waals surface area contributed by atoms with Crippen molar-refractivity contribution in [1.82, 2.24) is 9.97 Å². The van der Waals surface area contributed by atoms with Gasteiger partial charge in [-0.05, 0) is 60.2 Å². The van der Waals surface area contributed by atoms with Gasteiger partial charge >= 0.3 is 0 Å². The summed E-state index contributed by atoms with van der Waals surface area (Å²) in [6.07, 6.45) is 3.38. The fourth-order valence-corrected chi connectivity index (χ4v) is 3.12. The standard InChI is InChI=1S/C23H17FN4O/c24-17-5-1-4-16(14-17)21-19(22(25)29)6-2-7-20(21)28-18-10-8-15(9-11-18)23-26-12-3-13-27-23/h1-14,28H,(H2,25,29). The summed E-state index contributed by atoms with van der Waals surface area (Å²) < 4.78 is 13.8. The van der Waals surface area contributed by atoms with Crippen molar-refractivity contribution in [2.45, 2.75) is 0 Å². The molecule has 1 aromatic heterocycles. The van der Waals surface area contributed by atoms with Crippen LogP contribution in [0.5, 0.6) is 0 Å². The number of anilines is 2. The Morgan fingerprint density at radius 1 is 0.862 bits per heavy atom. The van der Waals surface area contributed by atoms with Crippen LogP contribution in [0.2, 0.25) is 0 Å². The van der Waals surface area contributed by atoms with Gasteiger partial charge in [-0.3, -0.25) is 4.79 Å². The van der Waals surface area contributed by atoms with Crippen LogP contribution in [-0.4, -0.2) is 15.9 Å². The smallest absolute Gasteiger partial charge is 0.249 e. The summed E-state index contributed by atoms with van der Waals surface area (Å²) in [6.45, 7) is 0. The summed E-state index contributed by atoms with van der Waals surface area (Å²) >= 11 is 0. The van der Waals surface area contributed by atoms with Crippen LogP contribution in [0.3, 0.4) is 0 Å². The third-order valence-electron chi connectivity index (χ3n) is 4.43. The predicted octanol–water partition coefficient (Wildman–Crippen LogP) is 4.79. The van der Waals surface area contributed by atoms with Gasteiger partial charge in [0.15, 0.2) is 5.82 Å². The van der Waals surface area contributed by atoms with Crippen LogP contribution in [0.15, 0.2) is 85.2 Å². The van der Waals surface area contributed by atoms with Gasteiger partial charge in [0.25, 0.3) is 0 Å². The van der Waals surface area contributed by atoms with Crippen LogP contribution in [0.4, 0.5) is 15.8 Å². The zero-order chi connectivity index (χ0) is 20.2. The summed E-state index contributed by atoms with van der Waals surface area (Å²) in [4.78, 5) is 20.4. The van der Waals surface area contributed by atoms with Crippen LogP contribution >= 0.6 is 0 Å². The molecule has 0 aliphatic carbocycles. The molecule has 0 saturated heterocycles. The lowest BCUT2D eigenvalue weighted by molar-refractivity contribution is 0.100. The molecule has 3 N–H and O–H groups in total. The van der Waals surface area contributed by atoms with Gasteiger partial charge in [0.05, 0.1) is 0 Å². The molecule has 0 atom stereocenters. The van der Waals surface area contributed by atoms with Gasteiger partial charge in [0.2, 0.25) is 5.91 Å². The Morgan fingerprint density at radius 3 is 2.28 bits per heavy atom. The van der Waals surface area contributed by atoms with E-state index in [9.17, 15) is 9.18 Å². The second-order valence-corrected chi connectivity index (χ2v) is 6.38. The van der Waals surface area contributed by atoms with Crippen molar-refractivity contribution in [2.24, 2.45) is 5.73 Å². The zero-order valence-corrected chi connectivity index (χ0v) is 15.3. The molecule has 1 amide bonds. The highest BCUT2D eigenvalue weighted by molar-refractivity contribution is 6.03. The van der Waals surface area contributed by atoms with E-state index in [1.807, 2.05) is 30.3 Å². The molecule has 29 heavy (non-hydrogen) atoms. The largest absolute Gasteiger partial charge is 0.366 e. The van der Waals surface area contributed by atoms with Crippen molar-refractivity contribution in [1.29, 1.82) is 0 Å². The molecule has 0 radical (unpaired) electrons. The molecule has 142 valence electrons. The number of nitrogens with one attached hydrogen (secondary N) is 1. The molecule has 3 aromatic carbocycles. The minimum absolute atomic E-state index is 0.315. The number of benzene rings is 3. The lowest BCUT2D eigenvalue weighted by atomic mass is 9.97. The number of amides is 1. The Labute approximate surface area is 167 Å². The Morgan fingerprint density at radius 2 is 1.59 bits per heavy atom. The van der Waals surface area contributed by atoms with Gasteiger partial charge in [-0.15, -0.1) is 0 Å². The van der Waals surface area contributed by atoms with E-state index in [2.05, 4.69) is 15.3 Å². The van der Waals surface area contributed by atoms with E-state index < -0.39 is 5.91 Å². The number of nitrogens with zero attached hydrogens (tertiary/aromatic N) is 2. The third kappa shape index (κ3) is 3.96. The Bertz CT molecular complexity index is 1160. The number of rotatable bonds is 5. The van der Waals surface area contributed by atoms with E-state index in [4.69, 9.17) is 5.73 Å². The summed E-state index contributed by atoms with van der Waals surface area (Å²) in [5, 5.41) is 3.29. The highest BCUT2D eigenvalue weighted by Gasteiger charge is 2.15. The normalized spacial score (nSPS) is 10.5. The van der Waals surface area contributed by atoms with E-state index in [1.165, 1.54) is 12.1 Å². The second kappa shape index (κ2) is 7.90. The lowest BCUT2D eigenvalue weighted by Crippen LogP contribution is -2.13. The van der Waals surface area contributed by atoms with Gasteiger partial charge < -0.3 is 11.1 Å². The summed E-state index contributed by atoms with van der Waals surface area (Å²) in [5.74, 6) is -0.334. The molecule has 4 aromatic rings. The molecule has 0 aliphatic heterocycles. The average Bonchev–Trinajstić information content (AvgIpc) is 2.75. The van der Waals surface area contributed by atoms with Crippen LogP contribution < -0.4 is 11.1 Å². The van der Waals surface area contributed by atoms with E-state index in [0.29, 0.717) is 28.2 Å². The zero-order valence-electron chi connectivity index (χ0n) is 15.3. The van der Waals surface area contributed by atoms with E-state index >= 15 is 0 Å². The quantitative estimate of drug-likeness (QED) is 0.518. The van der Waals surface area contributed by atoms with E-state index in [-0.39, 0.29) is 5.82 Å². The number of carbonyl (C=O) groups is 1. The number of aromatic nitrogens is 2. The fraction of sp³-hybridized carbons (Fsp3) is 0. The van der Waals surface area contributed by atoms with E-state index in [1.54, 1.807) is 42.7 Å². The van der Waals surface area contributed by atoms with Crippen LogP contribution in [0.25, 0.3) is 22.5 Å². The van der Waals surface area contributed by atoms with E-state index in [0.717, 1.165) is 11.3 Å². The molecule has 6 heteroatoms. The van der Waals surface area contributed by atoms with Crippen molar-refractivity contribution in [2.75, 3.05) is 5.32 Å². The third-order valence-corrected chi connectivity index (χ3v) is 4.43. The highest BCUT2D eigenvalue weighted by atomic mass is 19.1. The van der Waals surface area contributed by atoms with Gasteiger partial charge in [-0.1, -0.05) is 18.2 Å². The first-order chi connectivity index (χ1) is 14.1. The minimum Gasteiger partial charge on any atom is -0.366 e. The maximum atomic E-state index is 13.8. The van der Waals surface area contributed by atoms with Crippen molar-refractivity contribution < 1.29 is 9.18 Å². The molecule has 0 aliphatic rings. The SMILES string of the molecule is NC(=O)c1cccc(Nc2ccc(-c3ncccn3)cc2)c1-c1cccc(F)c1. The van der Waals surface area contributed by atoms with Crippen molar-refractivity contribution in [3.05, 3.63) is 96.6 Å². The number of nitrogens with two attached hydrogens (primary N) is 1. The monoisotopic (exact) mass is 384 g/mol. The molecule has 1 heterocycles. The van der Waals surface area contributed by atoms with Gasteiger partial charge in [0, 0.05) is 40.5 Å². The lowest BCUT2D eigenvalue weighted by Gasteiger charge is -2.16. The highest BCUT2D eigenvalue weighted by Crippen LogP contribution is 2.34. The van der Waals surface area contributed by atoms with Crippen molar-refractivity contribution >= 4 is 17.3 Å². The first-order valence-corrected chi connectivity index (χ1v) is 8.95. The second-order valence-electron chi connectivity index (χ2n) is 6.38. The number of hydrogen-bond acceptors (Lipinski definition) is 4. The van der Waals surface area contributed by atoms with Gasteiger partial charge in [0.1, 0.15) is 5.82 Å². The number of carbonyl (C=O) groups excluding carboxylic acids is 1. The Kier molecular flexibility index (Phi) is 4.99. The number of primary amides is 1. The molecule has 0 bridgehead atoms. The predicted molar refractivity (Wildman–Crippen MR) is 111 cm³/mol. The van der Waals surface area contributed by atoms with Crippen molar-refractivity contribution in [3.63, 3.8) is 0 Å². The summed E-state index contributed by atoms with van der Waals surface area (Å²) in [5.41, 5.74) is 9.32. The number of halogens is 1. The van der Waals surface area contributed by atoms with Crippen molar-refractivity contribution in [3.8, 4) is 22.5 Å². The topological polar surface area (TPSA) is 80.9 Å². The number of hydrogen-bond donors (Lipinski definition) is 2. The summed E-state index contributed by atoms with van der Waals surface area (Å²) in [7, 11) is 0. The minimum atomic E-state index is -0.579. The fourth-order valence-electron chi connectivity index (χ4n) is 3.12.